The summed E-state index contributed by atoms with van der Waals surface area (Å²) in [5.74, 6) is -0.998. The fraction of sp³-hybridized carbons (Fsp3) is 0.850. The van der Waals surface area contributed by atoms with Crippen molar-refractivity contribution in [2.75, 3.05) is 26.4 Å². The largest absolute Gasteiger partial charge is 0.472 e. The van der Waals surface area contributed by atoms with E-state index in [0.717, 1.165) is 32.1 Å². The summed E-state index contributed by atoms with van der Waals surface area (Å²) in [5.41, 5.74) is 0. The van der Waals surface area contributed by atoms with E-state index >= 15 is 0 Å². The van der Waals surface area contributed by atoms with Crippen molar-refractivity contribution in [1.82, 2.24) is 0 Å². The Morgan fingerprint density at radius 3 is 1.59 bits per heavy atom. The molecule has 0 aliphatic rings. The Labute approximate surface area is 310 Å². The number of phosphoric ester groups is 1. The second-order valence-corrected chi connectivity index (χ2v) is 15.1. The van der Waals surface area contributed by atoms with Gasteiger partial charge in [-0.05, 0) is 32.1 Å². The monoisotopic (exact) mass is 747 g/mol. The second-order valence-electron chi connectivity index (χ2n) is 13.7. The molecular weight excluding hydrogens is 671 g/mol. The molecule has 11 heteroatoms. The Morgan fingerprint density at radius 1 is 0.588 bits per heavy atom. The fourth-order valence-electron chi connectivity index (χ4n) is 5.46. The molecule has 0 saturated heterocycles. The van der Waals surface area contributed by atoms with Gasteiger partial charge in [0.15, 0.2) is 6.10 Å². The predicted molar refractivity (Wildman–Crippen MR) is 205 cm³/mol. The first-order chi connectivity index (χ1) is 24.7. The molecule has 0 spiro atoms. The van der Waals surface area contributed by atoms with Gasteiger partial charge in [-0.3, -0.25) is 18.6 Å². The highest BCUT2D eigenvalue weighted by molar-refractivity contribution is 7.47. The number of ether oxygens (including phenoxy) is 2. The van der Waals surface area contributed by atoms with E-state index in [-0.39, 0.29) is 19.4 Å². The van der Waals surface area contributed by atoms with Gasteiger partial charge in [0.1, 0.15) is 12.7 Å². The molecule has 0 heterocycles. The maximum Gasteiger partial charge on any atom is 0.472 e. The third-order valence-corrected chi connectivity index (χ3v) is 9.57. The van der Waals surface area contributed by atoms with Gasteiger partial charge in [-0.1, -0.05) is 160 Å². The van der Waals surface area contributed by atoms with E-state index < -0.39 is 51.8 Å². The number of allylic oxidation sites excluding steroid dienone is 4. The summed E-state index contributed by atoms with van der Waals surface area (Å²) in [6.45, 7) is 2.31. The van der Waals surface area contributed by atoms with E-state index in [4.69, 9.17) is 19.1 Å². The first-order valence-electron chi connectivity index (χ1n) is 20.3. The van der Waals surface area contributed by atoms with Crippen molar-refractivity contribution in [3.63, 3.8) is 0 Å². The van der Waals surface area contributed by atoms with Crippen molar-refractivity contribution < 1.29 is 47.8 Å². The molecule has 0 rings (SSSR count). The number of aliphatic hydroxyl groups is 2. The normalized spacial score (nSPS) is 14.2. The molecule has 3 unspecified atom stereocenters. The van der Waals surface area contributed by atoms with E-state index in [2.05, 4.69) is 30.5 Å². The van der Waals surface area contributed by atoms with Crippen LogP contribution >= 0.6 is 7.82 Å². The maximum atomic E-state index is 12.5. The third-order valence-electron chi connectivity index (χ3n) is 8.62. The van der Waals surface area contributed by atoms with Crippen LogP contribution in [0.15, 0.2) is 24.3 Å². The molecule has 0 aromatic carbocycles. The molecule has 3 atom stereocenters. The quantitative estimate of drug-likeness (QED) is 0.0241. The summed E-state index contributed by atoms with van der Waals surface area (Å²) in [5, 5.41) is 18.3. The summed E-state index contributed by atoms with van der Waals surface area (Å²) < 4.78 is 32.5. The van der Waals surface area contributed by atoms with Gasteiger partial charge in [0.2, 0.25) is 0 Å². The van der Waals surface area contributed by atoms with Crippen LogP contribution in [0.4, 0.5) is 0 Å². The molecular formula is C40H75O10P. The van der Waals surface area contributed by atoms with Crippen LogP contribution in [-0.2, 0) is 32.7 Å². The molecule has 0 amide bonds. The van der Waals surface area contributed by atoms with Gasteiger partial charge < -0.3 is 24.6 Å². The van der Waals surface area contributed by atoms with Gasteiger partial charge in [-0.25, -0.2) is 4.57 Å². The summed E-state index contributed by atoms with van der Waals surface area (Å²) in [4.78, 5) is 34.8. The van der Waals surface area contributed by atoms with Crippen LogP contribution in [0.5, 0.6) is 0 Å². The molecule has 0 fully saturated rings. The van der Waals surface area contributed by atoms with Crippen molar-refractivity contribution in [2.45, 2.75) is 193 Å². The molecule has 0 aliphatic carbocycles. The van der Waals surface area contributed by atoms with Gasteiger partial charge in [-0.15, -0.1) is 0 Å². The highest BCUT2D eigenvalue weighted by atomic mass is 31.2. The Kier molecular flexibility index (Phi) is 35.7. The molecule has 0 radical (unpaired) electrons. The van der Waals surface area contributed by atoms with E-state index in [1.165, 1.54) is 109 Å². The number of aliphatic hydroxyl groups excluding tert-OH is 2. The average Bonchev–Trinajstić information content (AvgIpc) is 3.12. The molecule has 10 nitrogen and oxygen atoms in total. The maximum absolute atomic E-state index is 12.5. The van der Waals surface area contributed by atoms with E-state index in [0.29, 0.717) is 12.8 Å². The minimum absolute atomic E-state index is 0.0812. The summed E-state index contributed by atoms with van der Waals surface area (Å²) in [7, 11) is -4.62. The lowest BCUT2D eigenvalue weighted by molar-refractivity contribution is -0.161. The lowest BCUT2D eigenvalue weighted by atomic mass is 10.0. The molecule has 0 aromatic rings. The van der Waals surface area contributed by atoms with Crippen LogP contribution in [0, 0.1) is 0 Å². The van der Waals surface area contributed by atoms with E-state index in [1.54, 1.807) is 0 Å². The van der Waals surface area contributed by atoms with Crippen LogP contribution in [-0.4, -0.2) is 65.7 Å². The van der Waals surface area contributed by atoms with Crippen molar-refractivity contribution in [3.8, 4) is 0 Å². The summed E-state index contributed by atoms with van der Waals surface area (Å²) >= 11 is 0. The molecule has 3 N–H and O–H groups in total. The smallest absolute Gasteiger partial charge is 0.462 e. The van der Waals surface area contributed by atoms with Gasteiger partial charge >= 0.3 is 19.8 Å². The van der Waals surface area contributed by atoms with Crippen LogP contribution in [0.2, 0.25) is 0 Å². The Morgan fingerprint density at radius 2 is 1.06 bits per heavy atom. The fourth-order valence-corrected chi connectivity index (χ4v) is 6.25. The topological polar surface area (TPSA) is 149 Å². The lowest BCUT2D eigenvalue weighted by Gasteiger charge is -2.20. The highest BCUT2D eigenvalue weighted by Gasteiger charge is 2.27. The first kappa shape index (κ1) is 49.5. The van der Waals surface area contributed by atoms with Crippen LogP contribution in [0.3, 0.4) is 0 Å². The average molecular weight is 747 g/mol. The van der Waals surface area contributed by atoms with Gasteiger partial charge in [0.05, 0.1) is 19.8 Å². The number of rotatable bonds is 38. The number of hydrogen-bond acceptors (Lipinski definition) is 9. The number of carbonyl (C=O) groups is 2. The van der Waals surface area contributed by atoms with Gasteiger partial charge in [0, 0.05) is 12.8 Å². The van der Waals surface area contributed by atoms with E-state index in [9.17, 15) is 24.2 Å². The van der Waals surface area contributed by atoms with E-state index in [1.807, 2.05) is 12.2 Å². The lowest BCUT2D eigenvalue weighted by Crippen LogP contribution is -2.29. The number of carbonyl (C=O) groups excluding carboxylic acids is 2. The zero-order valence-electron chi connectivity index (χ0n) is 32.3. The molecule has 0 saturated carbocycles. The van der Waals surface area contributed by atoms with Gasteiger partial charge in [-0.2, -0.15) is 0 Å². The van der Waals surface area contributed by atoms with Crippen molar-refractivity contribution in [1.29, 1.82) is 0 Å². The number of phosphoric acid groups is 1. The zero-order chi connectivity index (χ0) is 37.7. The van der Waals surface area contributed by atoms with Crippen LogP contribution < -0.4 is 0 Å². The Hall–Kier alpha value is -1.55. The molecule has 51 heavy (non-hydrogen) atoms. The highest BCUT2D eigenvalue weighted by Crippen LogP contribution is 2.43. The molecule has 0 bridgehead atoms. The summed E-state index contributed by atoms with van der Waals surface area (Å²) in [6.07, 6.45) is 34.5. The van der Waals surface area contributed by atoms with Crippen molar-refractivity contribution in [3.05, 3.63) is 24.3 Å². The predicted octanol–water partition coefficient (Wildman–Crippen LogP) is 10.2. The minimum atomic E-state index is -4.62. The number of esters is 2. The molecule has 0 aliphatic heterocycles. The van der Waals surface area contributed by atoms with Gasteiger partial charge in [0.25, 0.3) is 0 Å². The molecule has 300 valence electrons. The molecule has 0 aromatic heterocycles. The standard InChI is InChI=1S/C40H75O10P/c1-3-5-7-9-11-13-15-17-18-20-22-24-26-28-30-32-40(44)50-38(36-49-51(45,46)48-34-37(42)33-41)35-47-39(43)31-29-27-25-23-21-19-16-14-12-10-8-6-4-2/h20,22,26,28,37-38,41-42H,3-19,21,23-25,27,29-36H2,1-2H3,(H,45,46). The number of hydrogen-bond donors (Lipinski definition) is 3. The second kappa shape index (κ2) is 36.8. The van der Waals surface area contributed by atoms with Crippen molar-refractivity contribution in [2.24, 2.45) is 0 Å². The Balaban J connectivity index is 4.41. The van der Waals surface area contributed by atoms with Crippen LogP contribution in [0.1, 0.15) is 181 Å². The Bertz CT molecular complexity index is 910. The zero-order valence-corrected chi connectivity index (χ0v) is 33.2. The van der Waals surface area contributed by atoms with Crippen LogP contribution in [0.25, 0.3) is 0 Å². The first-order valence-corrected chi connectivity index (χ1v) is 21.8. The minimum Gasteiger partial charge on any atom is -0.462 e. The summed E-state index contributed by atoms with van der Waals surface area (Å²) in [6, 6.07) is 0. The third kappa shape index (κ3) is 36.6. The SMILES string of the molecule is CCCCCCCCCCC=CCC=CCCC(=O)OC(COC(=O)CCCCCCCCCCCCCCC)COP(=O)(O)OCC(O)CO. The number of unbranched alkanes of at least 4 members (excludes halogenated alkanes) is 20. The van der Waals surface area contributed by atoms with Crippen molar-refractivity contribution >= 4 is 19.8 Å².